The SMILES string of the molecule is CN(C)C[C@H](NC(=O)OCC1c2ccccc2-c2ccccc21)C(=O)N1CCSCC1CC(=O)O. The fourth-order valence-electron chi connectivity index (χ4n) is 4.85. The third-order valence-electron chi connectivity index (χ3n) is 6.40. The van der Waals surface area contributed by atoms with E-state index in [0.717, 1.165) is 28.0 Å². The average Bonchev–Trinajstić information content (AvgIpc) is 3.15. The second-order valence-electron chi connectivity index (χ2n) is 9.14. The Morgan fingerprint density at radius 2 is 1.74 bits per heavy atom. The minimum Gasteiger partial charge on any atom is -0.481 e. The molecule has 1 saturated heterocycles. The molecule has 2 N–H and O–H groups in total. The summed E-state index contributed by atoms with van der Waals surface area (Å²) in [6.07, 6.45) is -0.772. The van der Waals surface area contributed by atoms with E-state index in [1.165, 1.54) is 0 Å². The van der Waals surface area contributed by atoms with Gasteiger partial charge in [0.15, 0.2) is 0 Å². The van der Waals surface area contributed by atoms with Crippen molar-refractivity contribution in [3.63, 3.8) is 0 Å². The van der Waals surface area contributed by atoms with Gasteiger partial charge in [-0.3, -0.25) is 9.59 Å². The van der Waals surface area contributed by atoms with Crippen molar-refractivity contribution in [2.45, 2.75) is 24.4 Å². The molecule has 2 aromatic rings. The van der Waals surface area contributed by atoms with Gasteiger partial charge in [-0.1, -0.05) is 48.5 Å². The number of alkyl carbamates (subject to hydrolysis) is 1. The van der Waals surface area contributed by atoms with Gasteiger partial charge < -0.3 is 25.0 Å². The van der Waals surface area contributed by atoms with Gasteiger partial charge in [0, 0.05) is 30.5 Å². The molecule has 2 amide bonds. The Kier molecular flexibility index (Phi) is 7.97. The molecule has 0 spiro atoms. The number of carboxylic acids is 1. The largest absolute Gasteiger partial charge is 0.481 e. The first-order valence-corrected chi connectivity index (χ1v) is 12.9. The number of ether oxygens (including phenoxy) is 1. The number of likely N-dealkylation sites (N-methyl/N-ethyl adjacent to an activating group) is 1. The van der Waals surface area contributed by atoms with Crippen molar-refractivity contribution < 1.29 is 24.2 Å². The first-order chi connectivity index (χ1) is 16.8. The summed E-state index contributed by atoms with van der Waals surface area (Å²) in [5.74, 6) is 0.0111. The van der Waals surface area contributed by atoms with Crippen molar-refractivity contribution >= 4 is 29.7 Å². The molecule has 35 heavy (non-hydrogen) atoms. The number of fused-ring (bicyclic) bond motifs is 3. The van der Waals surface area contributed by atoms with Crippen LogP contribution in [0.3, 0.4) is 0 Å². The molecule has 0 bridgehead atoms. The maximum absolute atomic E-state index is 13.4. The lowest BCUT2D eigenvalue weighted by Gasteiger charge is -2.37. The monoisotopic (exact) mass is 497 g/mol. The fourth-order valence-corrected chi connectivity index (χ4v) is 5.91. The van der Waals surface area contributed by atoms with Crippen molar-refractivity contribution in [1.29, 1.82) is 0 Å². The lowest BCUT2D eigenvalue weighted by atomic mass is 9.98. The van der Waals surface area contributed by atoms with Gasteiger partial charge in [-0.05, 0) is 36.3 Å². The van der Waals surface area contributed by atoms with Gasteiger partial charge in [-0.15, -0.1) is 0 Å². The molecule has 0 saturated carbocycles. The standard InChI is InChI=1S/C26H31N3O5S/c1-28(2)14-23(25(32)29-11-12-35-16-17(29)13-24(30)31)27-26(33)34-15-22-20-9-5-3-7-18(20)19-8-4-6-10-21(19)22/h3-10,17,22-23H,11-16H2,1-2H3,(H,27,33)(H,30,31)/t17?,23-/m0/s1. The minimum absolute atomic E-state index is 0.0739. The normalized spacial score (nSPS) is 18.0. The molecule has 8 nitrogen and oxygen atoms in total. The Labute approximate surface area is 209 Å². The Bertz CT molecular complexity index is 1050. The highest BCUT2D eigenvalue weighted by Crippen LogP contribution is 2.44. The number of hydrogen-bond acceptors (Lipinski definition) is 6. The maximum Gasteiger partial charge on any atom is 0.407 e. The summed E-state index contributed by atoms with van der Waals surface area (Å²) in [4.78, 5) is 40.9. The molecule has 2 atom stereocenters. The molecule has 0 aromatic heterocycles. The zero-order valence-electron chi connectivity index (χ0n) is 20.0. The Balaban J connectivity index is 1.44. The molecule has 186 valence electrons. The molecule has 1 aliphatic heterocycles. The first-order valence-electron chi connectivity index (χ1n) is 11.7. The first kappa shape index (κ1) is 25.1. The quantitative estimate of drug-likeness (QED) is 0.579. The van der Waals surface area contributed by atoms with E-state index >= 15 is 0 Å². The van der Waals surface area contributed by atoms with Crippen LogP contribution < -0.4 is 5.32 Å². The molecule has 4 rings (SSSR count). The highest BCUT2D eigenvalue weighted by Gasteiger charge is 2.35. The number of benzene rings is 2. The van der Waals surface area contributed by atoms with Crippen molar-refractivity contribution in [2.24, 2.45) is 0 Å². The van der Waals surface area contributed by atoms with Crippen LogP contribution in [0.15, 0.2) is 48.5 Å². The smallest absolute Gasteiger partial charge is 0.407 e. The van der Waals surface area contributed by atoms with Crippen LogP contribution in [0.1, 0.15) is 23.5 Å². The lowest BCUT2D eigenvalue weighted by molar-refractivity contribution is -0.141. The van der Waals surface area contributed by atoms with Crippen molar-refractivity contribution in [2.75, 3.05) is 45.3 Å². The Hall–Kier alpha value is -3.04. The molecule has 9 heteroatoms. The lowest BCUT2D eigenvalue weighted by Crippen LogP contribution is -2.57. The highest BCUT2D eigenvalue weighted by atomic mass is 32.2. The summed E-state index contributed by atoms with van der Waals surface area (Å²) in [6, 6.07) is 15.0. The summed E-state index contributed by atoms with van der Waals surface area (Å²) in [5, 5.41) is 12.0. The third-order valence-corrected chi connectivity index (χ3v) is 7.49. The number of amides is 2. The van der Waals surface area contributed by atoms with E-state index in [9.17, 15) is 19.5 Å². The summed E-state index contributed by atoms with van der Waals surface area (Å²) >= 11 is 1.64. The highest BCUT2D eigenvalue weighted by molar-refractivity contribution is 7.99. The van der Waals surface area contributed by atoms with Crippen LogP contribution >= 0.6 is 11.8 Å². The van der Waals surface area contributed by atoms with Gasteiger partial charge in [0.05, 0.1) is 12.5 Å². The van der Waals surface area contributed by atoms with Crippen LogP contribution in [0, 0.1) is 0 Å². The molecular weight excluding hydrogens is 466 g/mol. The molecule has 1 heterocycles. The Morgan fingerprint density at radius 1 is 1.11 bits per heavy atom. The van der Waals surface area contributed by atoms with E-state index < -0.39 is 24.1 Å². The predicted molar refractivity (Wildman–Crippen MR) is 136 cm³/mol. The van der Waals surface area contributed by atoms with E-state index in [4.69, 9.17) is 4.74 Å². The molecule has 1 fully saturated rings. The topological polar surface area (TPSA) is 99.2 Å². The van der Waals surface area contributed by atoms with Crippen molar-refractivity contribution in [1.82, 2.24) is 15.1 Å². The predicted octanol–water partition coefficient (Wildman–Crippen LogP) is 2.87. The van der Waals surface area contributed by atoms with E-state index in [-0.39, 0.29) is 31.4 Å². The Morgan fingerprint density at radius 3 is 2.34 bits per heavy atom. The van der Waals surface area contributed by atoms with E-state index in [1.807, 2.05) is 43.3 Å². The minimum atomic E-state index is -0.941. The van der Waals surface area contributed by atoms with Crippen LogP contribution in [0.4, 0.5) is 4.79 Å². The van der Waals surface area contributed by atoms with Crippen LogP contribution in [0.25, 0.3) is 11.1 Å². The number of rotatable bonds is 8. The second kappa shape index (κ2) is 11.1. The van der Waals surface area contributed by atoms with Gasteiger partial charge in [0.25, 0.3) is 0 Å². The zero-order chi connectivity index (χ0) is 24.9. The number of nitrogens with zero attached hydrogens (tertiary/aromatic N) is 2. The molecule has 0 radical (unpaired) electrons. The van der Waals surface area contributed by atoms with Gasteiger partial charge in [-0.2, -0.15) is 11.8 Å². The van der Waals surface area contributed by atoms with Gasteiger partial charge in [0.1, 0.15) is 12.6 Å². The number of aliphatic carboxylic acids is 1. The number of hydrogen-bond donors (Lipinski definition) is 2. The van der Waals surface area contributed by atoms with Crippen LogP contribution in [0.5, 0.6) is 0 Å². The molecule has 2 aliphatic rings. The molecular formula is C26H31N3O5S. The fraction of sp³-hybridized carbons (Fsp3) is 0.423. The van der Waals surface area contributed by atoms with Gasteiger partial charge in [-0.25, -0.2) is 4.79 Å². The summed E-state index contributed by atoms with van der Waals surface area (Å²) in [6.45, 7) is 0.898. The summed E-state index contributed by atoms with van der Waals surface area (Å²) in [5.41, 5.74) is 4.52. The van der Waals surface area contributed by atoms with Gasteiger partial charge in [0.2, 0.25) is 5.91 Å². The summed E-state index contributed by atoms with van der Waals surface area (Å²) < 4.78 is 5.64. The number of carboxylic acid groups (broad SMARTS) is 1. The number of carbonyl (C=O) groups excluding carboxylic acids is 2. The van der Waals surface area contributed by atoms with Crippen LogP contribution in [0.2, 0.25) is 0 Å². The zero-order valence-corrected chi connectivity index (χ0v) is 20.8. The van der Waals surface area contributed by atoms with Crippen LogP contribution in [-0.4, -0.2) is 90.3 Å². The maximum atomic E-state index is 13.4. The average molecular weight is 498 g/mol. The molecule has 1 unspecified atom stereocenters. The third kappa shape index (κ3) is 5.79. The second-order valence-corrected chi connectivity index (χ2v) is 10.3. The van der Waals surface area contributed by atoms with E-state index in [1.54, 1.807) is 16.7 Å². The number of carbonyl (C=O) groups is 3. The van der Waals surface area contributed by atoms with Crippen LogP contribution in [-0.2, 0) is 14.3 Å². The van der Waals surface area contributed by atoms with Gasteiger partial charge >= 0.3 is 12.1 Å². The van der Waals surface area contributed by atoms with Crippen molar-refractivity contribution in [3.8, 4) is 11.1 Å². The number of thioether (sulfide) groups is 1. The molecule has 2 aromatic carbocycles. The molecule has 1 aliphatic carbocycles. The summed E-state index contributed by atoms with van der Waals surface area (Å²) in [7, 11) is 3.64. The van der Waals surface area contributed by atoms with E-state index in [0.29, 0.717) is 12.3 Å². The number of nitrogens with one attached hydrogen (secondary N) is 1. The van der Waals surface area contributed by atoms with Crippen molar-refractivity contribution in [3.05, 3.63) is 59.7 Å². The van der Waals surface area contributed by atoms with E-state index in [2.05, 4.69) is 29.6 Å².